The van der Waals surface area contributed by atoms with E-state index in [4.69, 9.17) is 5.11 Å². The summed E-state index contributed by atoms with van der Waals surface area (Å²) in [6.07, 6.45) is 3.01. The minimum absolute atomic E-state index is 0. The van der Waals surface area contributed by atoms with Crippen molar-refractivity contribution in [1.82, 2.24) is 4.98 Å². The summed E-state index contributed by atoms with van der Waals surface area (Å²) in [5.41, 5.74) is 2.04. The fourth-order valence-corrected chi connectivity index (χ4v) is 2.17. The number of carbonyl (C=O) groups is 1. The number of ketones is 1. The molecule has 3 nitrogen and oxygen atoms in total. The first-order valence-electron chi connectivity index (χ1n) is 7.26. The monoisotopic (exact) mass is 499 g/mol. The maximum atomic E-state index is 10.0. The molecule has 0 saturated heterocycles. The van der Waals surface area contributed by atoms with Gasteiger partial charge in [0, 0.05) is 33.3 Å². The Kier molecular flexibility index (Phi) is 8.08. The van der Waals surface area contributed by atoms with Gasteiger partial charge in [-0.3, -0.25) is 4.79 Å². The summed E-state index contributed by atoms with van der Waals surface area (Å²) in [4.78, 5) is 14.5. The van der Waals surface area contributed by atoms with Crippen LogP contribution in [0.3, 0.4) is 0 Å². The summed E-state index contributed by atoms with van der Waals surface area (Å²) >= 11 is 0. The molecule has 0 fully saturated rings. The molecule has 126 valence electrons. The molecule has 1 aromatic heterocycles. The van der Waals surface area contributed by atoms with Gasteiger partial charge in [0.15, 0.2) is 5.78 Å². The number of carbonyl (C=O) groups excluding carboxylic acids is 1. The molecule has 0 aliphatic rings. The third kappa shape index (κ3) is 5.75. The molecule has 4 heteroatoms. The predicted octanol–water partition coefficient (Wildman–Crippen LogP) is 4.74. The van der Waals surface area contributed by atoms with Crippen LogP contribution in [0.4, 0.5) is 0 Å². The van der Waals surface area contributed by atoms with Crippen LogP contribution >= 0.6 is 0 Å². The van der Waals surface area contributed by atoms with Gasteiger partial charge < -0.3 is 10.1 Å². The van der Waals surface area contributed by atoms with E-state index >= 15 is 0 Å². The molecule has 0 saturated carbocycles. The average molecular weight is 499 g/mol. The third-order valence-electron chi connectivity index (χ3n) is 3.05. The van der Waals surface area contributed by atoms with Crippen LogP contribution in [0.5, 0.6) is 0 Å². The number of benzene rings is 2. The van der Waals surface area contributed by atoms with Gasteiger partial charge in [-0.25, -0.2) is 0 Å². The van der Waals surface area contributed by atoms with Crippen LogP contribution in [0.1, 0.15) is 13.8 Å². The Morgan fingerprint density at radius 1 is 1.08 bits per heavy atom. The zero-order valence-corrected chi connectivity index (χ0v) is 15.7. The van der Waals surface area contributed by atoms with Crippen LogP contribution in [-0.2, 0) is 25.9 Å². The number of allylic oxidation sites excluding steroid dienone is 2. The molecule has 0 aliphatic carbocycles. The van der Waals surface area contributed by atoms with Crippen molar-refractivity contribution in [1.29, 1.82) is 0 Å². The number of hydrogen-bond donors (Lipinski definition) is 1. The Bertz CT molecular complexity index is 820. The fraction of sp³-hybridized carbons (Fsp3) is 0.100. The second-order valence-electron chi connectivity index (χ2n) is 5.05. The predicted molar refractivity (Wildman–Crippen MR) is 93.1 cm³/mol. The molecule has 0 bridgehead atoms. The molecule has 1 heterocycles. The third-order valence-corrected chi connectivity index (χ3v) is 3.05. The molecule has 1 N–H and O–H groups in total. The van der Waals surface area contributed by atoms with E-state index in [9.17, 15) is 4.79 Å². The topological polar surface area (TPSA) is 50.2 Å². The van der Waals surface area contributed by atoms with Gasteiger partial charge >= 0.3 is 0 Å². The molecular formula is C20H18NO2Pt-. The first-order chi connectivity index (χ1) is 11.1. The van der Waals surface area contributed by atoms with Crippen molar-refractivity contribution >= 4 is 16.6 Å². The van der Waals surface area contributed by atoms with Gasteiger partial charge in [0.05, 0.1) is 5.76 Å². The first-order valence-corrected chi connectivity index (χ1v) is 7.26. The summed E-state index contributed by atoms with van der Waals surface area (Å²) in [5.74, 6) is -0.0625. The van der Waals surface area contributed by atoms with Crippen LogP contribution in [0.2, 0.25) is 0 Å². The molecule has 3 rings (SSSR count). The van der Waals surface area contributed by atoms with Crippen molar-refractivity contribution in [3.63, 3.8) is 0 Å². The number of fused-ring (bicyclic) bond motifs is 1. The Balaban J connectivity index is 0.000000312. The quantitative estimate of drug-likeness (QED) is 0.315. The Labute approximate surface area is 156 Å². The summed E-state index contributed by atoms with van der Waals surface area (Å²) in [7, 11) is 0. The van der Waals surface area contributed by atoms with Gasteiger partial charge in [-0.2, -0.15) is 0 Å². The fourth-order valence-electron chi connectivity index (χ4n) is 2.17. The maximum absolute atomic E-state index is 10.0. The van der Waals surface area contributed by atoms with Crippen molar-refractivity contribution in [3.8, 4) is 11.3 Å². The molecule has 0 atom stereocenters. The van der Waals surface area contributed by atoms with E-state index in [1.165, 1.54) is 30.7 Å². The van der Waals surface area contributed by atoms with Gasteiger partial charge in [-0.1, -0.05) is 24.3 Å². The first kappa shape index (κ1) is 19.8. The molecule has 0 radical (unpaired) electrons. The van der Waals surface area contributed by atoms with Gasteiger partial charge in [-0.05, 0) is 36.4 Å². The summed E-state index contributed by atoms with van der Waals surface area (Å²) < 4.78 is 0. The number of nitrogens with zero attached hydrogens (tertiary/aromatic N) is 1. The molecule has 3 aromatic rings. The number of hydrogen-bond acceptors (Lipinski definition) is 3. The van der Waals surface area contributed by atoms with Crippen LogP contribution in [0.15, 0.2) is 72.6 Å². The van der Waals surface area contributed by atoms with Crippen LogP contribution in [0.25, 0.3) is 22.0 Å². The number of aliphatic hydroxyl groups is 1. The van der Waals surface area contributed by atoms with E-state index < -0.39 is 0 Å². The summed E-state index contributed by atoms with van der Waals surface area (Å²) in [6, 6.07) is 21.4. The molecule has 0 spiro atoms. The second-order valence-corrected chi connectivity index (χ2v) is 5.05. The van der Waals surface area contributed by atoms with E-state index in [0.29, 0.717) is 0 Å². The Morgan fingerprint density at radius 3 is 2.38 bits per heavy atom. The summed E-state index contributed by atoms with van der Waals surface area (Å²) in [6.45, 7) is 2.85. The molecule has 0 unspecified atom stereocenters. The second kappa shape index (κ2) is 9.79. The molecule has 0 aliphatic heterocycles. The van der Waals surface area contributed by atoms with Crippen molar-refractivity contribution in [2.75, 3.05) is 0 Å². The van der Waals surface area contributed by atoms with Crippen molar-refractivity contribution < 1.29 is 31.0 Å². The molecule has 24 heavy (non-hydrogen) atoms. The van der Waals surface area contributed by atoms with E-state index in [0.717, 1.165) is 11.3 Å². The van der Waals surface area contributed by atoms with Crippen molar-refractivity contribution in [3.05, 3.63) is 78.7 Å². The van der Waals surface area contributed by atoms with E-state index in [1.54, 1.807) is 0 Å². The molecule has 2 aromatic carbocycles. The standard InChI is InChI=1S/C15H10N.C5H8O2.Pt/c1-2-7-13(8-3-1)15-14-9-5-4-6-12(14)10-11-16-15;1-4(6)3-5(2)7;/h1-7,9-11H;3,6H,1-2H3;/q-1;;. The van der Waals surface area contributed by atoms with E-state index in [1.807, 2.05) is 48.7 Å². The van der Waals surface area contributed by atoms with E-state index in [2.05, 4.69) is 23.2 Å². The minimum Gasteiger partial charge on any atom is -0.512 e. The van der Waals surface area contributed by atoms with Gasteiger partial charge in [-0.15, -0.1) is 35.9 Å². The Hall–Kier alpha value is -2.25. The number of aliphatic hydroxyl groups excluding tert-OH is 1. The van der Waals surface area contributed by atoms with E-state index in [-0.39, 0.29) is 32.6 Å². The SMILES string of the molecule is CC(=O)C=C(C)O.[Pt].[c-]1ccccc1-c1nccc2ccccc12. The minimum atomic E-state index is -0.125. The zero-order chi connectivity index (χ0) is 16.7. The van der Waals surface area contributed by atoms with Gasteiger partial charge in [0.1, 0.15) is 0 Å². The normalized spacial score (nSPS) is 10.3. The van der Waals surface area contributed by atoms with Crippen molar-refractivity contribution in [2.24, 2.45) is 0 Å². The van der Waals surface area contributed by atoms with Crippen LogP contribution in [-0.4, -0.2) is 15.9 Å². The number of aromatic nitrogens is 1. The van der Waals surface area contributed by atoms with Crippen molar-refractivity contribution in [2.45, 2.75) is 13.8 Å². The smallest absolute Gasteiger partial charge is 0.155 e. The largest absolute Gasteiger partial charge is 0.512 e. The summed E-state index contributed by atoms with van der Waals surface area (Å²) in [5, 5.41) is 10.7. The Morgan fingerprint density at radius 2 is 1.79 bits per heavy atom. The average Bonchev–Trinajstić information content (AvgIpc) is 2.54. The van der Waals surface area contributed by atoms with Gasteiger partial charge in [0.2, 0.25) is 0 Å². The maximum Gasteiger partial charge on any atom is 0.155 e. The molecular weight excluding hydrogens is 481 g/mol. The number of pyridine rings is 1. The van der Waals surface area contributed by atoms with Crippen LogP contribution in [0, 0.1) is 6.07 Å². The number of rotatable bonds is 2. The van der Waals surface area contributed by atoms with Crippen LogP contribution < -0.4 is 0 Å². The zero-order valence-electron chi connectivity index (χ0n) is 13.5. The van der Waals surface area contributed by atoms with Gasteiger partial charge in [0.25, 0.3) is 0 Å². The molecule has 0 amide bonds.